The maximum Gasteiger partial charge on any atom is 0.336 e. The van der Waals surface area contributed by atoms with Crippen LogP contribution in [0.25, 0.3) is 0 Å². The first-order valence-corrected chi connectivity index (χ1v) is 6.79. The van der Waals surface area contributed by atoms with Gasteiger partial charge in [-0.25, -0.2) is 4.79 Å². The van der Waals surface area contributed by atoms with Gasteiger partial charge < -0.3 is 15.2 Å². The smallest absolute Gasteiger partial charge is 0.336 e. The molecule has 0 saturated heterocycles. The number of nitrogens with one attached hydrogen (secondary N) is 1. The number of hydrogen-bond acceptors (Lipinski definition) is 3. The highest BCUT2D eigenvalue weighted by Crippen LogP contribution is 2.33. The largest absolute Gasteiger partial charge is 0.490 e. The Labute approximate surface area is 113 Å². The number of anilines is 1. The molecule has 1 fully saturated rings. The van der Waals surface area contributed by atoms with E-state index in [0.29, 0.717) is 17.2 Å². The summed E-state index contributed by atoms with van der Waals surface area (Å²) in [5, 5.41) is 12.4. The molecule has 1 aromatic carbocycles. The quantitative estimate of drug-likeness (QED) is 0.855. The second kappa shape index (κ2) is 5.51. The number of carboxylic acid groups (broad SMARTS) is 1. The van der Waals surface area contributed by atoms with Crippen LogP contribution in [0.5, 0.6) is 5.75 Å². The Hall–Kier alpha value is -1.71. The molecular weight excluding hydrogens is 242 g/mol. The number of aromatic carboxylic acids is 1. The monoisotopic (exact) mass is 263 g/mol. The maximum atomic E-state index is 11.3. The number of ether oxygens (including phenoxy) is 1. The number of rotatable bonds is 5. The molecule has 0 radical (unpaired) electrons. The minimum absolute atomic E-state index is 0.230. The first-order valence-electron chi connectivity index (χ1n) is 6.79. The van der Waals surface area contributed by atoms with E-state index in [2.05, 4.69) is 12.2 Å². The van der Waals surface area contributed by atoms with Gasteiger partial charge in [-0.05, 0) is 44.2 Å². The summed E-state index contributed by atoms with van der Waals surface area (Å²) < 4.78 is 5.85. The molecule has 0 amide bonds. The molecule has 0 aromatic heterocycles. The molecule has 2 N–H and O–H groups in total. The van der Waals surface area contributed by atoms with Crippen molar-refractivity contribution in [1.82, 2.24) is 0 Å². The summed E-state index contributed by atoms with van der Waals surface area (Å²) in [4.78, 5) is 11.3. The van der Waals surface area contributed by atoms with Gasteiger partial charge in [0.1, 0.15) is 5.75 Å². The molecular formula is C15H21NO3. The average Bonchev–Trinajstić information content (AvgIpc) is 2.31. The minimum atomic E-state index is -0.913. The van der Waals surface area contributed by atoms with Crippen LogP contribution >= 0.6 is 0 Å². The first kappa shape index (κ1) is 13.7. The SMILES string of the molecule is CCNc1cc(OC2CC(C)C2)cc(C(=O)O)c1C. The average molecular weight is 263 g/mol. The number of hydrogen-bond donors (Lipinski definition) is 2. The van der Waals surface area contributed by atoms with Crippen molar-refractivity contribution in [1.29, 1.82) is 0 Å². The van der Waals surface area contributed by atoms with Crippen molar-refractivity contribution in [3.63, 3.8) is 0 Å². The van der Waals surface area contributed by atoms with Gasteiger partial charge in [0.15, 0.2) is 0 Å². The third kappa shape index (κ3) is 3.00. The van der Waals surface area contributed by atoms with Crippen molar-refractivity contribution >= 4 is 11.7 Å². The van der Waals surface area contributed by atoms with Crippen LogP contribution in [0.2, 0.25) is 0 Å². The molecule has 0 heterocycles. The van der Waals surface area contributed by atoms with Gasteiger partial charge in [-0.3, -0.25) is 0 Å². The minimum Gasteiger partial charge on any atom is -0.490 e. The third-order valence-electron chi connectivity index (χ3n) is 3.61. The molecule has 0 bridgehead atoms. The molecule has 19 heavy (non-hydrogen) atoms. The van der Waals surface area contributed by atoms with E-state index in [-0.39, 0.29) is 6.10 Å². The zero-order valence-electron chi connectivity index (χ0n) is 11.7. The van der Waals surface area contributed by atoms with Crippen LogP contribution in [0.1, 0.15) is 42.6 Å². The summed E-state index contributed by atoms with van der Waals surface area (Å²) in [5.41, 5.74) is 1.90. The van der Waals surface area contributed by atoms with Crippen LogP contribution in [0.4, 0.5) is 5.69 Å². The third-order valence-corrected chi connectivity index (χ3v) is 3.61. The Morgan fingerprint density at radius 3 is 2.68 bits per heavy atom. The Kier molecular flexibility index (Phi) is 3.98. The first-order chi connectivity index (χ1) is 9.01. The summed E-state index contributed by atoms with van der Waals surface area (Å²) in [6, 6.07) is 3.52. The van der Waals surface area contributed by atoms with E-state index in [4.69, 9.17) is 4.74 Å². The molecule has 1 aromatic rings. The molecule has 1 aliphatic rings. The van der Waals surface area contributed by atoms with Gasteiger partial charge >= 0.3 is 5.97 Å². The van der Waals surface area contributed by atoms with E-state index in [1.54, 1.807) is 6.07 Å². The topological polar surface area (TPSA) is 58.6 Å². The lowest BCUT2D eigenvalue weighted by atomic mass is 9.84. The van der Waals surface area contributed by atoms with Gasteiger partial charge in [0.05, 0.1) is 11.7 Å². The van der Waals surface area contributed by atoms with Crippen molar-refractivity contribution in [2.24, 2.45) is 5.92 Å². The van der Waals surface area contributed by atoms with Crippen molar-refractivity contribution in [2.45, 2.75) is 39.7 Å². The van der Waals surface area contributed by atoms with Crippen LogP contribution < -0.4 is 10.1 Å². The maximum absolute atomic E-state index is 11.3. The van der Waals surface area contributed by atoms with Crippen LogP contribution in [0, 0.1) is 12.8 Å². The summed E-state index contributed by atoms with van der Waals surface area (Å²) in [7, 11) is 0. The van der Waals surface area contributed by atoms with E-state index in [9.17, 15) is 9.90 Å². The zero-order valence-corrected chi connectivity index (χ0v) is 11.7. The predicted molar refractivity (Wildman–Crippen MR) is 75.1 cm³/mol. The van der Waals surface area contributed by atoms with Crippen LogP contribution in [0.3, 0.4) is 0 Å². The Balaban J connectivity index is 2.24. The van der Waals surface area contributed by atoms with Crippen molar-refractivity contribution < 1.29 is 14.6 Å². The van der Waals surface area contributed by atoms with Crippen LogP contribution in [0.15, 0.2) is 12.1 Å². The van der Waals surface area contributed by atoms with Gasteiger partial charge in [0, 0.05) is 18.3 Å². The Morgan fingerprint density at radius 1 is 1.47 bits per heavy atom. The van der Waals surface area contributed by atoms with E-state index >= 15 is 0 Å². The molecule has 0 atom stereocenters. The van der Waals surface area contributed by atoms with Gasteiger partial charge in [-0.1, -0.05) is 6.92 Å². The molecule has 0 unspecified atom stereocenters. The number of benzene rings is 1. The Morgan fingerprint density at radius 2 is 2.16 bits per heavy atom. The predicted octanol–water partition coefficient (Wildman–Crippen LogP) is 3.30. The molecule has 2 rings (SSSR count). The lowest BCUT2D eigenvalue weighted by Crippen LogP contribution is -2.32. The Bertz CT molecular complexity index is 479. The lowest BCUT2D eigenvalue weighted by Gasteiger charge is -2.33. The molecule has 1 saturated carbocycles. The molecule has 1 aliphatic carbocycles. The lowest BCUT2D eigenvalue weighted by molar-refractivity contribution is 0.0680. The fourth-order valence-corrected chi connectivity index (χ4v) is 2.47. The fourth-order valence-electron chi connectivity index (χ4n) is 2.47. The molecule has 4 nitrogen and oxygen atoms in total. The molecule has 0 aliphatic heterocycles. The molecule has 0 spiro atoms. The normalized spacial score (nSPS) is 21.6. The molecule has 4 heteroatoms. The van der Waals surface area contributed by atoms with E-state index in [1.807, 2.05) is 19.9 Å². The van der Waals surface area contributed by atoms with E-state index in [1.165, 1.54) is 0 Å². The van der Waals surface area contributed by atoms with Gasteiger partial charge in [0.2, 0.25) is 0 Å². The summed E-state index contributed by atoms with van der Waals surface area (Å²) >= 11 is 0. The highest BCUT2D eigenvalue weighted by molar-refractivity contribution is 5.92. The van der Waals surface area contributed by atoms with Gasteiger partial charge in [-0.15, -0.1) is 0 Å². The highest BCUT2D eigenvalue weighted by Gasteiger charge is 2.27. The second-order valence-electron chi connectivity index (χ2n) is 5.30. The van der Waals surface area contributed by atoms with E-state index < -0.39 is 5.97 Å². The summed E-state index contributed by atoms with van der Waals surface area (Å²) in [5.74, 6) is 0.447. The van der Waals surface area contributed by atoms with Crippen molar-refractivity contribution in [3.05, 3.63) is 23.3 Å². The highest BCUT2D eigenvalue weighted by atomic mass is 16.5. The zero-order chi connectivity index (χ0) is 14.0. The van der Waals surface area contributed by atoms with Crippen LogP contribution in [-0.4, -0.2) is 23.7 Å². The van der Waals surface area contributed by atoms with E-state index in [0.717, 1.165) is 30.6 Å². The second-order valence-corrected chi connectivity index (χ2v) is 5.30. The summed E-state index contributed by atoms with van der Waals surface area (Å²) in [6.45, 7) is 6.75. The van der Waals surface area contributed by atoms with Gasteiger partial charge in [0.25, 0.3) is 0 Å². The van der Waals surface area contributed by atoms with Crippen LogP contribution in [-0.2, 0) is 0 Å². The number of carbonyl (C=O) groups is 1. The van der Waals surface area contributed by atoms with Crippen molar-refractivity contribution in [3.8, 4) is 5.75 Å². The van der Waals surface area contributed by atoms with Crippen molar-refractivity contribution in [2.75, 3.05) is 11.9 Å². The number of carboxylic acids is 1. The standard InChI is InChI=1S/C15H21NO3/c1-4-16-14-8-12(19-11-5-9(2)6-11)7-13(10(14)3)15(17)18/h7-9,11,16H,4-6H2,1-3H3,(H,17,18). The molecule has 104 valence electrons. The van der Waals surface area contributed by atoms with Gasteiger partial charge in [-0.2, -0.15) is 0 Å². The summed E-state index contributed by atoms with van der Waals surface area (Å²) in [6.07, 6.45) is 2.33. The fraction of sp³-hybridized carbons (Fsp3) is 0.533.